The van der Waals surface area contributed by atoms with Gasteiger partial charge in [0.05, 0.1) is 6.20 Å². The summed E-state index contributed by atoms with van der Waals surface area (Å²) in [6, 6.07) is 12.6. The number of Topliss-reactive ketones (excluding diaryl/α,β-unsaturated/α-hetero) is 1. The molecule has 8 nitrogen and oxygen atoms in total. The second kappa shape index (κ2) is 6.67. The lowest BCUT2D eigenvalue weighted by atomic mass is 10.1. The normalized spacial score (nSPS) is 11.9. The molecule has 4 rings (SSSR count). The van der Waals surface area contributed by atoms with E-state index in [0.29, 0.717) is 28.8 Å². The van der Waals surface area contributed by atoms with Crippen LogP contribution in [0.2, 0.25) is 0 Å². The zero-order valence-electron chi connectivity index (χ0n) is 13.9. The third kappa shape index (κ3) is 3.39. The molecule has 0 bridgehead atoms. The molecule has 0 amide bonds. The fourth-order valence-electron chi connectivity index (χ4n) is 2.48. The molecule has 2 heterocycles. The van der Waals surface area contributed by atoms with Crippen LogP contribution in [0.5, 0.6) is 11.5 Å². The minimum absolute atomic E-state index is 0.000346. The molecule has 0 aliphatic carbocycles. The van der Waals surface area contributed by atoms with Crippen LogP contribution in [0.15, 0.2) is 48.7 Å². The van der Waals surface area contributed by atoms with E-state index in [9.17, 15) is 4.79 Å². The van der Waals surface area contributed by atoms with Crippen molar-refractivity contribution in [3.8, 4) is 11.5 Å². The summed E-state index contributed by atoms with van der Waals surface area (Å²) in [7, 11) is 0. The summed E-state index contributed by atoms with van der Waals surface area (Å²) in [5, 5.41) is 14.1. The van der Waals surface area contributed by atoms with Gasteiger partial charge in [0.2, 0.25) is 12.7 Å². The molecule has 2 N–H and O–H groups in total. The van der Waals surface area contributed by atoms with Crippen molar-refractivity contribution in [3.63, 3.8) is 0 Å². The van der Waals surface area contributed by atoms with Gasteiger partial charge >= 0.3 is 0 Å². The summed E-state index contributed by atoms with van der Waals surface area (Å²) >= 11 is 0. The Morgan fingerprint density at radius 2 is 1.88 bits per heavy atom. The minimum Gasteiger partial charge on any atom is -0.454 e. The fourth-order valence-corrected chi connectivity index (χ4v) is 2.48. The van der Waals surface area contributed by atoms with Crippen LogP contribution < -0.4 is 20.1 Å². The van der Waals surface area contributed by atoms with E-state index in [4.69, 9.17) is 9.47 Å². The van der Waals surface area contributed by atoms with E-state index < -0.39 is 0 Å². The molecule has 3 aromatic rings. The van der Waals surface area contributed by atoms with Crippen LogP contribution in [0, 0.1) is 0 Å². The summed E-state index contributed by atoms with van der Waals surface area (Å²) in [5.41, 5.74) is 2.12. The van der Waals surface area contributed by atoms with E-state index in [1.165, 1.54) is 13.1 Å². The molecule has 2 aromatic carbocycles. The SMILES string of the molecule is CC(=O)c1cccc(Nc2cnnc(Nc3ccc4c(c3)OCO4)n2)c1. The molecule has 130 valence electrons. The Morgan fingerprint density at radius 1 is 1.04 bits per heavy atom. The molecule has 1 aromatic heterocycles. The Morgan fingerprint density at radius 3 is 2.77 bits per heavy atom. The van der Waals surface area contributed by atoms with Gasteiger partial charge < -0.3 is 20.1 Å². The number of carbonyl (C=O) groups excluding carboxylic acids is 1. The van der Waals surface area contributed by atoms with Gasteiger partial charge in [0.15, 0.2) is 23.1 Å². The van der Waals surface area contributed by atoms with Gasteiger partial charge in [-0.3, -0.25) is 4.79 Å². The first-order valence-electron chi connectivity index (χ1n) is 7.92. The third-order valence-electron chi connectivity index (χ3n) is 3.73. The number of ketones is 1. The topological polar surface area (TPSA) is 98.3 Å². The first kappa shape index (κ1) is 15.8. The summed E-state index contributed by atoms with van der Waals surface area (Å²) in [5.74, 6) is 2.20. The maximum absolute atomic E-state index is 11.5. The second-order valence-corrected chi connectivity index (χ2v) is 5.62. The fraction of sp³-hybridized carbons (Fsp3) is 0.111. The van der Waals surface area contributed by atoms with Crippen molar-refractivity contribution in [2.24, 2.45) is 0 Å². The molecule has 0 fully saturated rings. The standard InChI is InChI=1S/C18H15N5O3/c1-11(24)12-3-2-4-13(7-12)20-17-9-19-23-18(22-17)21-14-5-6-15-16(8-14)26-10-25-15/h2-9H,10H2,1H3,(H2,20,21,22,23). The maximum atomic E-state index is 11.5. The quantitative estimate of drug-likeness (QED) is 0.677. The predicted octanol–water partition coefficient (Wildman–Crippen LogP) is 3.29. The number of nitrogens with one attached hydrogen (secondary N) is 2. The van der Waals surface area contributed by atoms with Crippen molar-refractivity contribution < 1.29 is 14.3 Å². The number of benzene rings is 2. The number of hydrogen-bond donors (Lipinski definition) is 2. The minimum atomic E-state index is -0.000346. The first-order valence-corrected chi connectivity index (χ1v) is 7.92. The number of rotatable bonds is 5. The van der Waals surface area contributed by atoms with E-state index in [-0.39, 0.29) is 12.6 Å². The number of ether oxygens (including phenoxy) is 2. The lowest BCUT2D eigenvalue weighted by Crippen LogP contribution is -2.03. The molecule has 0 saturated heterocycles. The predicted molar refractivity (Wildman–Crippen MR) is 95.4 cm³/mol. The summed E-state index contributed by atoms with van der Waals surface area (Å²) < 4.78 is 10.6. The largest absolute Gasteiger partial charge is 0.454 e. The molecular formula is C18H15N5O3. The van der Waals surface area contributed by atoms with Crippen LogP contribution in [0.25, 0.3) is 0 Å². The van der Waals surface area contributed by atoms with Gasteiger partial charge in [0.1, 0.15) is 0 Å². The number of aromatic nitrogens is 3. The van der Waals surface area contributed by atoms with Crippen molar-refractivity contribution in [3.05, 3.63) is 54.2 Å². The Bertz CT molecular complexity index is 977. The highest BCUT2D eigenvalue weighted by Gasteiger charge is 2.13. The van der Waals surface area contributed by atoms with E-state index >= 15 is 0 Å². The van der Waals surface area contributed by atoms with Crippen LogP contribution in [0.1, 0.15) is 17.3 Å². The van der Waals surface area contributed by atoms with E-state index in [0.717, 1.165) is 11.4 Å². The van der Waals surface area contributed by atoms with Gasteiger partial charge in [0, 0.05) is 23.0 Å². The zero-order valence-corrected chi connectivity index (χ0v) is 13.9. The van der Waals surface area contributed by atoms with Crippen molar-refractivity contribution in [2.75, 3.05) is 17.4 Å². The van der Waals surface area contributed by atoms with Gasteiger partial charge in [0.25, 0.3) is 0 Å². The van der Waals surface area contributed by atoms with Crippen LogP contribution in [-0.4, -0.2) is 27.8 Å². The maximum Gasteiger partial charge on any atom is 0.249 e. The summed E-state index contributed by atoms with van der Waals surface area (Å²) in [4.78, 5) is 15.9. The molecule has 0 saturated carbocycles. The van der Waals surface area contributed by atoms with Crippen molar-refractivity contribution >= 4 is 28.9 Å². The number of carbonyl (C=O) groups is 1. The van der Waals surface area contributed by atoms with Gasteiger partial charge in [-0.25, -0.2) is 0 Å². The number of anilines is 4. The Hall–Kier alpha value is -3.68. The first-order chi connectivity index (χ1) is 12.7. The monoisotopic (exact) mass is 349 g/mol. The zero-order chi connectivity index (χ0) is 17.9. The average molecular weight is 349 g/mol. The molecule has 8 heteroatoms. The number of fused-ring (bicyclic) bond motifs is 1. The Kier molecular flexibility index (Phi) is 4.06. The van der Waals surface area contributed by atoms with Crippen LogP contribution in [0.4, 0.5) is 23.1 Å². The lowest BCUT2D eigenvalue weighted by Gasteiger charge is -2.09. The summed E-state index contributed by atoms with van der Waals surface area (Å²) in [6.45, 7) is 1.74. The van der Waals surface area contributed by atoms with Gasteiger partial charge in [-0.1, -0.05) is 12.1 Å². The molecule has 0 unspecified atom stereocenters. The molecule has 0 radical (unpaired) electrons. The smallest absolute Gasteiger partial charge is 0.249 e. The van der Waals surface area contributed by atoms with Crippen molar-refractivity contribution in [1.29, 1.82) is 0 Å². The average Bonchev–Trinajstić information content (AvgIpc) is 3.10. The molecule has 0 atom stereocenters. The number of nitrogens with zero attached hydrogens (tertiary/aromatic N) is 3. The van der Waals surface area contributed by atoms with Crippen molar-refractivity contribution in [1.82, 2.24) is 15.2 Å². The van der Waals surface area contributed by atoms with Gasteiger partial charge in [-0.2, -0.15) is 10.1 Å². The molecule has 0 spiro atoms. The van der Waals surface area contributed by atoms with E-state index in [1.54, 1.807) is 18.2 Å². The Labute approximate surface area is 149 Å². The van der Waals surface area contributed by atoms with Gasteiger partial charge in [-0.05, 0) is 31.2 Å². The van der Waals surface area contributed by atoms with E-state index in [2.05, 4.69) is 25.8 Å². The van der Waals surface area contributed by atoms with E-state index in [1.807, 2.05) is 24.3 Å². The van der Waals surface area contributed by atoms with Crippen LogP contribution >= 0.6 is 0 Å². The lowest BCUT2D eigenvalue weighted by molar-refractivity contribution is 0.101. The highest BCUT2D eigenvalue weighted by Crippen LogP contribution is 2.34. The highest BCUT2D eigenvalue weighted by molar-refractivity contribution is 5.95. The molecule has 26 heavy (non-hydrogen) atoms. The molecule has 1 aliphatic heterocycles. The number of hydrogen-bond acceptors (Lipinski definition) is 8. The Balaban J connectivity index is 1.51. The van der Waals surface area contributed by atoms with Crippen LogP contribution in [0.3, 0.4) is 0 Å². The molecular weight excluding hydrogens is 334 g/mol. The summed E-state index contributed by atoms with van der Waals surface area (Å²) in [6.07, 6.45) is 1.51. The second-order valence-electron chi connectivity index (χ2n) is 5.62. The third-order valence-corrected chi connectivity index (χ3v) is 3.73. The van der Waals surface area contributed by atoms with Crippen LogP contribution in [-0.2, 0) is 0 Å². The highest BCUT2D eigenvalue weighted by atomic mass is 16.7. The molecule has 1 aliphatic rings. The van der Waals surface area contributed by atoms with Crippen molar-refractivity contribution in [2.45, 2.75) is 6.92 Å². The van der Waals surface area contributed by atoms with Gasteiger partial charge in [-0.15, -0.1) is 5.10 Å².